The van der Waals surface area contributed by atoms with Crippen LogP contribution in [-0.2, 0) is 6.18 Å². The van der Waals surface area contributed by atoms with E-state index >= 15 is 0 Å². The lowest BCUT2D eigenvalue weighted by molar-refractivity contribution is -0.137. The molecule has 0 saturated carbocycles. The van der Waals surface area contributed by atoms with Gasteiger partial charge in [0, 0.05) is 18.1 Å². The highest BCUT2D eigenvalue weighted by molar-refractivity contribution is 7.10. The highest BCUT2D eigenvalue weighted by Crippen LogP contribution is 2.29. The van der Waals surface area contributed by atoms with Crippen molar-refractivity contribution in [2.75, 3.05) is 12.4 Å². The SMILES string of the molecule is CC(c1cccs1)N(C)C(=O)Nc1cc(C(F)(F)F)c[nH]c1=O. The topological polar surface area (TPSA) is 65.2 Å². The van der Waals surface area contributed by atoms with Gasteiger partial charge in [0.1, 0.15) is 5.69 Å². The summed E-state index contributed by atoms with van der Waals surface area (Å²) in [4.78, 5) is 27.9. The van der Waals surface area contributed by atoms with E-state index in [1.165, 1.54) is 23.3 Å². The van der Waals surface area contributed by atoms with Gasteiger partial charge >= 0.3 is 12.2 Å². The molecule has 2 amide bonds. The van der Waals surface area contributed by atoms with Crippen molar-refractivity contribution in [1.29, 1.82) is 0 Å². The summed E-state index contributed by atoms with van der Waals surface area (Å²) in [7, 11) is 1.50. The molecule has 2 aromatic rings. The highest BCUT2D eigenvalue weighted by atomic mass is 32.1. The Kier molecular flexibility index (Phi) is 4.79. The molecule has 5 nitrogen and oxygen atoms in total. The molecule has 0 aliphatic carbocycles. The van der Waals surface area contributed by atoms with Crippen LogP contribution in [0.15, 0.2) is 34.6 Å². The second kappa shape index (κ2) is 6.45. The molecule has 124 valence electrons. The molecule has 2 aromatic heterocycles. The van der Waals surface area contributed by atoms with E-state index in [4.69, 9.17) is 0 Å². The standard InChI is InChI=1S/C14H14F3N3O2S/c1-8(11-4-3-5-23-11)20(2)13(22)19-10-6-9(14(15,16)17)7-18-12(10)21/h3-8H,1-2H3,(H,18,21)(H,19,22). The van der Waals surface area contributed by atoms with Gasteiger partial charge in [0.25, 0.3) is 5.56 Å². The monoisotopic (exact) mass is 345 g/mol. The zero-order chi connectivity index (χ0) is 17.2. The predicted octanol–water partition coefficient (Wildman–Crippen LogP) is 3.68. The molecule has 0 aromatic carbocycles. The highest BCUT2D eigenvalue weighted by Gasteiger charge is 2.31. The molecule has 0 fully saturated rings. The number of alkyl halides is 3. The van der Waals surface area contributed by atoms with Crippen LogP contribution in [0.5, 0.6) is 0 Å². The Morgan fingerprint density at radius 1 is 1.43 bits per heavy atom. The Morgan fingerprint density at radius 3 is 2.70 bits per heavy atom. The molecule has 9 heteroatoms. The van der Waals surface area contributed by atoms with Crippen LogP contribution in [0.1, 0.15) is 23.4 Å². The molecule has 0 spiro atoms. The molecule has 0 saturated heterocycles. The maximum absolute atomic E-state index is 12.7. The smallest absolute Gasteiger partial charge is 0.327 e. The van der Waals surface area contributed by atoms with E-state index in [0.29, 0.717) is 12.3 Å². The van der Waals surface area contributed by atoms with Crippen molar-refractivity contribution >= 4 is 23.1 Å². The van der Waals surface area contributed by atoms with Crippen LogP contribution in [0, 0.1) is 0 Å². The van der Waals surface area contributed by atoms with E-state index in [1.807, 2.05) is 22.5 Å². The van der Waals surface area contributed by atoms with Crippen LogP contribution in [0.4, 0.5) is 23.7 Å². The number of amides is 2. The van der Waals surface area contributed by atoms with E-state index in [0.717, 1.165) is 4.88 Å². The lowest BCUT2D eigenvalue weighted by atomic mass is 10.2. The number of H-pyrrole nitrogens is 1. The maximum Gasteiger partial charge on any atom is 0.417 e. The Bertz CT molecular complexity index is 740. The second-order valence-electron chi connectivity index (χ2n) is 4.86. The molecule has 2 heterocycles. The van der Waals surface area contributed by atoms with Crippen LogP contribution >= 0.6 is 11.3 Å². The normalized spacial score (nSPS) is 12.7. The third-order valence-electron chi connectivity index (χ3n) is 3.33. The van der Waals surface area contributed by atoms with Crippen molar-refractivity contribution in [1.82, 2.24) is 9.88 Å². The quantitative estimate of drug-likeness (QED) is 0.891. The predicted molar refractivity (Wildman–Crippen MR) is 81.6 cm³/mol. The summed E-state index contributed by atoms with van der Waals surface area (Å²) in [6.45, 7) is 1.78. The molecule has 0 radical (unpaired) electrons. The molecular formula is C14H14F3N3O2S. The first-order chi connectivity index (χ1) is 10.7. The van der Waals surface area contributed by atoms with Gasteiger partial charge in [-0.3, -0.25) is 4.79 Å². The minimum absolute atomic E-state index is 0.278. The second-order valence-corrected chi connectivity index (χ2v) is 5.84. The van der Waals surface area contributed by atoms with Crippen molar-refractivity contribution in [3.05, 3.63) is 50.6 Å². The Hall–Kier alpha value is -2.29. The van der Waals surface area contributed by atoms with Crippen LogP contribution in [-0.4, -0.2) is 23.0 Å². The van der Waals surface area contributed by atoms with Crippen LogP contribution in [0.2, 0.25) is 0 Å². The van der Waals surface area contributed by atoms with Gasteiger partial charge in [0.2, 0.25) is 0 Å². The lowest BCUT2D eigenvalue weighted by Gasteiger charge is -2.24. The number of carbonyl (C=O) groups is 1. The first-order valence-electron chi connectivity index (χ1n) is 6.57. The number of hydrogen-bond acceptors (Lipinski definition) is 3. The number of aromatic nitrogens is 1. The number of pyridine rings is 1. The molecule has 0 aliphatic heterocycles. The van der Waals surface area contributed by atoms with Crippen LogP contribution in [0.25, 0.3) is 0 Å². The van der Waals surface area contributed by atoms with Crippen molar-refractivity contribution in [2.24, 2.45) is 0 Å². The Labute approximate surface area is 133 Å². The Morgan fingerprint density at radius 2 is 2.13 bits per heavy atom. The van der Waals surface area contributed by atoms with Crippen LogP contribution < -0.4 is 10.9 Å². The van der Waals surface area contributed by atoms with Gasteiger partial charge in [0.15, 0.2) is 0 Å². The maximum atomic E-state index is 12.7. The average molecular weight is 345 g/mol. The van der Waals surface area contributed by atoms with Crippen molar-refractivity contribution in [3.63, 3.8) is 0 Å². The fourth-order valence-electron chi connectivity index (χ4n) is 1.84. The van der Waals surface area contributed by atoms with E-state index in [2.05, 4.69) is 5.32 Å². The third-order valence-corrected chi connectivity index (χ3v) is 4.37. The largest absolute Gasteiger partial charge is 0.417 e. The number of carbonyl (C=O) groups excluding carboxylic acids is 1. The average Bonchev–Trinajstić information content (AvgIpc) is 3.00. The van der Waals surface area contributed by atoms with Gasteiger partial charge in [-0.05, 0) is 24.4 Å². The van der Waals surface area contributed by atoms with E-state index in [9.17, 15) is 22.8 Å². The van der Waals surface area contributed by atoms with Gasteiger partial charge in [-0.25, -0.2) is 4.79 Å². The number of halogens is 3. The Balaban J connectivity index is 2.18. The molecule has 0 aliphatic rings. The molecule has 2 N–H and O–H groups in total. The zero-order valence-corrected chi connectivity index (χ0v) is 13.1. The molecule has 1 atom stereocenters. The van der Waals surface area contributed by atoms with Gasteiger partial charge < -0.3 is 15.2 Å². The first-order valence-corrected chi connectivity index (χ1v) is 7.45. The zero-order valence-electron chi connectivity index (χ0n) is 12.3. The van der Waals surface area contributed by atoms with Gasteiger partial charge in [-0.1, -0.05) is 6.07 Å². The number of nitrogens with zero attached hydrogens (tertiary/aromatic N) is 1. The van der Waals surface area contributed by atoms with Crippen molar-refractivity contribution < 1.29 is 18.0 Å². The fraction of sp³-hybridized carbons (Fsp3) is 0.286. The van der Waals surface area contributed by atoms with Crippen molar-refractivity contribution in [2.45, 2.75) is 19.1 Å². The summed E-state index contributed by atoms with van der Waals surface area (Å²) >= 11 is 1.45. The van der Waals surface area contributed by atoms with Crippen LogP contribution in [0.3, 0.4) is 0 Å². The molecule has 0 bridgehead atoms. The summed E-state index contributed by atoms with van der Waals surface area (Å²) in [5.41, 5.74) is -2.29. The molecule has 1 unspecified atom stereocenters. The molecule has 2 rings (SSSR count). The third kappa shape index (κ3) is 3.92. The van der Waals surface area contributed by atoms with Gasteiger partial charge in [0.05, 0.1) is 11.6 Å². The fourth-order valence-corrected chi connectivity index (χ4v) is 2.67. The lowest BCUT2D eigenvalue weighted by Crippen LogP contribution is -2.35. The first kappa shape index (κ1) is 17.1. The minimum atomic E-state index is -4.61. The number of thiophene rings is 1. The van der Waals surface area contributed by atoms with Crippen molar-refractivity contribution in [3.8, 4) is 0 Å². The van der Waals surface area contributed by atoms with Gasteiger partial charge in [-0.2, -0.15) is 13.2 Å². The number of nitrogens with one attached hydrogen (secondary N) is 2. The van der Waals surface area contributed by atoms with Gasteiger partial charge in [-0.15, -0.1) is 11.3 Å². The number of rotatable bonds is 3. The summed E-state index contributed by atoms with van der Waals surface area (Å²) in [5.74, 6) is 0. The number of hydrogen-bond donors (Lipinski definition) is 2. The van der Waals surface area contributed by atoms with E-state index in [1.54, 1.807) is 6.92 Å². The van der Waals surface area contributed by atoms with E-state index < -0.39 is 29.0 Å². The summed E-state index contributed by atoms with van der Waals surface area (Å²) < 4.78 is 38.0. The molecule has 23 heavy (non-hydrogen) atoms. The summed E-state index contributed by atoms with van der Waals surface area (Å²) in [6, 6.07) is 3.34. The number of anilines is 1. The number of urea groups is 1. The summed E-state index contributed by atoms with van der Waals surface area (Å²) in [5, 5.41) is 4.07. The summed E-state index contributed by atoms with van der Waals surface area (Å²) in [6.07, 6.45) is -4.05. The molecular weight excluding hydrogens is 331 g/mol. The van der Waals surface area contributed by atoms with E-state index in [-0.39, 0.29) is 6.04 Å². The minimum Gasteiger partial charge on any atom is -0.327 e. The number of aromatic amines is 1.